The summed E-state index contributed by atoms with van der Waals surface area (Å²) in [7, 11) is 1.57. The van der Waals surface area contributed by atoms with Crippen LogP contribution in [0.1, 0.15) is 20.3 Å². The number of carbonyl (C=O) groups is 1. The highest BCUT2D eigenvalue weighted by molar-refractivity contribution is 5.75. The van der Waals surface area contributed by atoms with Crippen LogP contribution in [0.2, 0.25) is 0 Å². The van der Waals surface area contributed by atoms with Gasteiger partial charge in [-0.1, -0.05) is 13.0 Å². The maximum Gasteiger partial charge on any atom is 0.325 e. The van der Waals surface area contributed by atoms with Gasteiger partial charge in [0.1, 0.15) is 12.4 Å². The van der Waals surface area contributed by atoms with Crippen LogP contribution in [0, 0.1) is 0 Å². The number of ether oxygens (including phenoxy) is 2. The van der Waals surface area contributed by atoms with E-state index in [-0.39, 0.29) is 12.5 Å². The Balaban J connectivity index is 2.79. The molecule has 0 saturated carbocycles. The van der Waals surface area contributed by atoms with Crippen LogP contribution in [0.15, 0.2) is 18.2 Å². The molecule has 0 radical (unpaired) electrons. The molecule has 1 heterocycles. The van der Waals surface area contributed by atoms with Crippen molar-refractivity contribution in [2.75, 3.05) is 31.7 Å². The largest absolute Gasteiger partial charge is 0.481 e. The third-order valence-corrected chi connectivity index (χ3v) is 2.36. The van der Waals surface area contributed by atoms with Crippen molar-refractivity contribution in [2.24, 2.45) is 0 Å². The second-order valence-corrected chi connectivity index (χ2v) is 3.76. The molecule has 1 aromatic rings. The topological polar surface area (TPSA) is 51.7 Å². The van der Waals surface area contributed by atoms with E-state index in [1.807, 2.05) is 17.0 Å². The van der Waals surface area contributed by atoms with Crippen molar-refractivity contribution in [2.45, 2.75) is 20.3 Å². The van der Waals surface area contributed by atoms with Crippen LogP contribution in [0.5, 0.6) is 5.88 Å². The molecule has 100 valence electrons. The average molecular weight is 252 g/mol. The Hall–Kier alpha value is -1.78. The van der Waals surface area contributed by atoms with Gasteiger partial charge in [0, 0.05) is 12.6 Å². The lowest BCUT2D eigenvalue weighted by atomic mass is 10.3. The number of nitrogens with zero attached hydrogens (tertiary/aromatic N) is 2. The Morgan fingerprint density at radius 1 is 1.39 bits per heavy atom. The van der Waals surface area contributed by atoms with Gasteiger partial charge in [0.2, 0.25) is 5.88 Å². The molecule has 1 aromatic heterocycles. The number of aromatic nitrogens is 1. The molecule has 0 aliphatic carbocycles. The lowest BCUT2D eigenvalue weighted by Crippen LogP contribution is -2.32. The first-order valence-corrected chi connectivity index (χ1v) is 6.12. The van der Waals surface area contributed by atoms with Crippen molar-refractivity contribution in [1.82, 2.24) is 4.98 Å². The molecule has 0 aliphatic heterocycles. The molecular weight excluding hydrogens is 232 g/mol. The maximum absolute atomic E-state index is 11.5. The highest BCUT2D eigenvalue weighted by Gasteiger charge is 2.13. The number of esters is 1. The third kappa shape index (κ3) is 4.24. The first kappa shape index (κ1) is 14.3. The van der Waals surface area contributed by atoms with Gasteiger partial charge in [-0.3, -0.25) is 4.79 Å². The summed E-state index contributed by atoms with van der Waals surface area (Å²) in [4.78, 5) is 17.7. The van der Waals surface area contributed by atoms with Crippen LogP contribution in [0.25, 0.3) is 0 Å². The summed E-state index contributed by atoms with van der Waals surface area (Å²) in [5.41, 5.74) is 0. The smallest absolute Gasteiger partial charge is 0.325 e. The minimum Gasteiger partial charge on any atom is -0.481 e. The fourth-order valence-corrected chi connectivity index (χ4v) is 1.60. The van der Waals surface area contributed by atoms with Gasteiger partial charge >= 0.3 is 5.97 Å². The Bertz CT molecular complexity index is 382. The highest BCUT2D eigenvalue weighted by Crippen LogP contribution is 2.15. The van der Waals surface area contributed by atoms with Crippen molar-refractivity contribution in [3.8, 4) is 5.88 Å². The zero-order valence-corrected chi connectivity index (χ0v) is 11.2. The van der Waals surface area contributed by atoms with Gasteiger partial charge < -0.3 is 14.4 Å². The molecule has 0 saturated heterocycles. The van der Waals surface area contributed by atoms with Crippen LogP contribution >= 0.6 is 0 Å². The van der Waals surface area contributed by atoms with Crippen LogP contribution in [0.3, 0.4) is 0 Å². The highest BCUT2D eigenvalue weighted by atomic mass is 16.5. The minimum absolute atomic E-state index is 0.210. The van der Waals surface area contributed by atoms with E-state index in [9.17, 15) is 4.79 Å². The van der Waals surface area contributed by atoms with Gasteiger partial charge in [0.05, 0.1) is 13.7 Å². The van der Waals surface area contributed by atoms with Crippen LogP contribution < -0.4 is 9.64 Å². The molecule has 0 bridgehead atoms. The van der Waals surface area contributed by atoms with E-state index < -0.39 is 0 Å². The molecule has 0 atom stereocenters. The first-order valence-electron chi connectivity index (χ1n) is 6.12. The number of methoxy groups -OCH3 is 1. The SMILES string of the molecule is CCCN(CC(=O)OCC)c1cccc(OC)n1. The molecule has 0 fully saturated rings. The summed E-state index contributed by atoms with van der Waals surface area (Å²) in [6.45, 7) is 5.20. The van der Waals surface area contributed by atoms with Gasteiger partial charge in [-0.25, -0.2) is 0 Å². The second-order valence-electron chi connectivity index (χ2n) is 3.76. The van der Waals surface area contributed by atoms with E-state index in [2.05, 4.69) is 11.9 Å². The number of hydrogen-bond acceptors (Lipinski definition) is 5. The average Bonchev–Trinajstić information content (AvgIpc) is 2.38. The number of carbonyl (C=O) groups excluding carboxylic acids is 1. The fourth-order valence-electron chi connectivity index (χ4n) is 1.60. The lowest BCUT2D eigenvalue weighted by Gasteiger charge is -2.22. The first-order chi connectivity index (χ1) is 8.71. The zero-order chi connectivity index (χ0) is 13.4. The van der Waals surface area contributed by atoms with Crippen molar-refractivity contribution < 1.29 is 14.3 Å². The summed E-state index contributed by atoms with van der Waals surface area (Å²) >= 11 is 0. The molecule has 5 nitrogen and oxygen atoms in total. The molecule has 5 heteroatoms. The normalized spacial score (nSPS) is 9.94. The molecule has 0 aromatic carbocycles. The van der Waals surface area contributed by atoms with Crippen molar-refractivity contribution in [3.63, 3.8) is 0 Å². The molecular formula is C13H20N2O3. The van der Waals surface area contributed by atoms with Gasteiger partial charge in [0.15, 0.2) is 0 Å². The van der Waals surface area contributed by atoms with E-state index in [1.165, 1.54) is 0 Å². The Labute approximate surface area is 108 Å². The molecule has 0 N–H and O–H groups in total. The van der Waals surface area contributed by atoms with Gasteiger partial charge in [-0.2, -0.15) is 4.98 Å². The minimum atomic E-state index is -0.240. The maximum atomic E-state index is 11.5. The van der Waals surface area contributed by atoms with E-state index in [0.29, 0.717) is 12.5 Å². The number of pyridine rings is 1. The van der Waals surface area contributed by atoms with Gasteiger partial charge in [-0.15, -0.1) is 0 Å². The summed E-state index contributed by atoms with van der Waals surface area (Å²) in [6, 6.07) is 5.49. The molecule has 0 spiro atoms. The van der Waals surface area contributed by atoms with Crippen molar-refractivity contribution in [1.29, 1.82) is 0 Å². The van der Waals surface area contributed by atoms with Crippen LogP contribution in [-0.2, 0) is 9.53 Å². The quantitative estimate of drug-likeness (QED) is 0.693. The summed E-state index contributed by atoms with van der Waals surface area (Å²) in [5, 5.41) is 0. The Morgan fingerprint density at radius 2 is 2.17 bits per heavy atom. The van der Waals surface area contributed by atoms with E-state index in [0.717, 1.165) is 18.8 Å². The number of hydrogen-bond donors (Lipinski definition) is 0. The van der Waals surface area contributed by atoms with Gasteiger partial charge in [0.25, 0.3) is 0 Å². The monoisotopic (exact) mass is 252 g/mol. The lowest BCUT2D eigenvalue weighted by molar-refractivity contribution is -0.141. The fraction of sp³-hybridized carbons (Fsp3) is 0.538. The Morgan fingerprint density at radius 3 is 2.78 bits per heavy atom. The molecule has 1 rings (SSSR count). The summed E-state index contributed by atoms with van der Waals surface area (Å²) in [5.74, 6) is 1.03. The molecule has 18 heavy (non-hydrogen) atoms. The molecule has 0 amide bonds. The van der Waals surface area contributed by atoms with Gasteiger partial charge in [-0.05, 0) is 19.4 Å². The predicted octanol–water partition coefficient (Wildman–Crippen LogP) is 1.87. The van der Waals surface area contributed by atoms with E-state index in [1.54, 1.807) is 20.1 Å². The van der Waals surface area contributed by atoms with E-state index >= 15 is 0 Å². The zero-order valence-electron chi connectivity index (χ0n) is 11.2. The third-order valence-electron chi connectivity index (χ3n) is 2.36. The van der Waals surface area contributed by atoms with Crippen molar-refractivity contribution in [3.05, 3.63) is 18.2 Å². The second kappa shape index (κ2) is 7.53. The predicted molar refractivity (Wildman–Crippen MR) is 69.9 cm³/mol. The standard InChI is InChI=1S/C13H20N2O3/c1-4-9-15(10-13(16)18-5-2)11-7-6-8-12(14-11)17-3/h6-8H,4-5,9-10H2,1-3H3. The van der Waals surface area contributed by atoms with Crippen LogP contribution in [0.4, 0.5) is 5.82 Å². The molecule has 0 aliphatic rings. The Kier molecular flexibility index (Phi) is 5.97. The summed E-state index contributed by atoms with van der Waals surface area (Å²) in [6.07, 6.45) is 0.929. The van der Waals surface area contributed by atoms with Crippen molar-refractivity contribution >= 4 is 11.8 Å². The van der Waals surface area contributed by atoms with E-state index in [4.69, 9.17) is 9.47 Å². The summed E-state index contributed by atoms with van der Waals surface area (Å²) < 4.78 is 10.0. The molecule has 0 unspecified atom stereocenters. The van der Waals surface area contributed by atoms with Crippen LogP contribution in [-0.4, -0.2) is 37.8 Å². The number of rotatable bonds is 7. The number of anilines is 1.